The van der Waals surface area contributed by atoms with E-state index in [1.54, 1.807) is 0 Å². The summed E-state index contributed by atoms with van der Waals surface area (Å²) < 4.78 is 0. The summed E-state index contributed by atoms with van der Waals surface area (Å²) in [5.41, 5.74) is 0. The van der Waals surface area contributed by atoms with Gasteiger partial charge in [0.15, 0.2) is 0 Å². The molecule has 0 radical (unpaired) electrons. The molecular weight excluding hydrogens is 136 g/mol. The van der Waals surface area contributed by atoms with Crippen LogP contribution in [0.2, 0.25) is 0 Å². The molecule has 0 unspecified atom stereocenters. The molecule has 2 aliphatic carbocycles. The summed E-state index contributed by atoms with van der Waals surface area (Å²) in [6.45, 7) is 0. The second kappa shape index (κ2) is 2.24. The molecule has 2 aliphatic rings. The van der Waals surface area contributed by atoms with Crippen molar-refractivity contribution in [3.8, 4) is 12.1 Å². The maximum absolute atomic E-state index is 8.79. The molecule has 0 amide bonds. The van der Waals surface area contributed by atoms with E-state index < -0.39 is 0 Å². The number of nitrogens with zero attached hydrogens (tertiary/aromatic N) is 2. The van der Waals surface area contributed by atoms with E-state index >= 15 is 0 Å². The lowest BCUT2D eigenvalue weighted by atomic mass is 9.81. The summed E-state index contributed by atoms with van der Waals surface area (Å²) >= 11 is 0. The Bertz CT molecular complexity index is 219. The third-order valence-corrected chi connectivity index (χ3v) is 3.21. The largest absolute Gasteiger partial charge is 0.198 e. The van der Waals surface area contributed by atoms with Crippen molar-refractivity contribution in [3.63, 3.8) is 0 Å². The number of rotatable bonds is 0. The molecule has 56 valence electrons. The van der Waals surface area contributed by atoms with Gasteiger partial charge in [0.2, 0.25) is 0 Å². The van der Waals surface area contributed by atoms with Crippen LogP contribution in [0.5, 0.6) is 0 Å². The molecule has 11 heavy (non-hydrogen) atoms. The molecule has 2 rings (SSSR count). The fourth-order valence-electron chi connectivity index (χ4n) is 2.66. The molecule has 0 aromatic heterocycles. The predicted molar refractivity (Wildman–Crippen MR) is 39.0 cm³/mol. The van der Waals surface area contributed by atoms with Gasteiger partial charge in [0, 0.05) is 0 Å². The van der Waals surface area contributed by atoms with E-state index in [4.69, 9.17) is 10.5 Å². The van der Waals surface area contributed by atoms with Crippen LogP contribution in [-0.4, -0.2) is 0 Å². The summed E-state index contributed by atoms with van der Waals surface area (Å²) in [5.74, 6) is 1.21. The maximum Gasteiger partial charge on any atom is 0.0672 e. The molecular formula is C9H10N2. The van der Waals surface area contributed by atoms with Crippen molar-refractivity contribution >= 4 is 0 Å². The lowest BCUT2D eigenvalue weighted by Gasteiger charge is -2.19. The summed E-state index contributed by atoms with van der Waals surface area (Å²) in [4.78, 5) is 0. The Hall–Kier alpha value is -1.02. The van der Waals surface area contributed by atoms with Crippen LogP contribution in [-0.2, 0) is 0 Å². The van der Waals surface area contributed by atoms with Crippen molar-refractivity contribution < 1.29 is 0 Å². The highest BCUT2D eigenvalue weighted by molar-refractivity contribution is 5.11. The van der Waals surface area contributed by atoms with Crippen LogP contribution < -0.4 is 0 Å². The number of fused-ring (bicyclic) bond motifs is 2. The molecule has 4 atom stereocenters. The third-order valence-electron chi connectivity index (χ3n) is 3.21. The van der Waals surface area contributed by atoms with E-state index in [2.05, 4.69) is 12.1 Å². The van der Waals surface area contributed by atoms with E-state index in [9.17, 15) is 0 Å². The highest BCUT2D eigenvalue weighted by Crippen LogP contribution is 2.51. The molecule has 2 fully saturated rings. The molecule has 2 bridgehead atoms. The molecule has 0 aliphatic heterocycles. The van der Waals surface area contributed by atoms with Gasteiger partial charge in [-0.1, -0.05) is 0 Å². The van der Waals surface area contributed by atoms with Crippen LogP contribution in [0.15, 0.2) is 0 Å². The van der Waals surface area contributed by atoms with E-state index in [1.807, 2.05) is 0 Å². The fraction of sp³-hybridized carbons (Fsp3) is 0.778. The van der Waals surface area contributed by atoms with Crippen LogP contribution in [0.25, 0.3) is 0 Å². The van der Waals surface area contributed by atoms with Gasteiger partial charge >= 0.3 is 0 Å². The van der Waals surface area contributed by atoms with Crippen molar-refractivity contribution in [2.24, 2.45) is 23.7 Å². The molecule has 0 spiro atoms. The van der Waals surface area contributed by atoms with Gasteiger partial charge in [0.25, 0.3) is 0 Å². The Labute approximate surface area is 66.4 Å². The monoisotopic (exact) mass is 146 g/mol. The lowest BCUT2D eigenvalue weighted by Crippen LogP contribution is -2.19. The summed E-state index contributed by atoms with van der Waals surface area (Å²) in [7, 11) is 0. The normalized spacial score (nSPS) is 46.7. The van der Waals surface area contributed by atoms with Crippen molar-refractivity contribution in [1.82, 2.24) is 0 Å². The van der Waals surface area contributed by atoms with E-state index in [-0.39, 0.29) is 11.8 Å². The molecule has 0 N–H and O–H groups in total. The van der Waals surface area contributed by atoms with Crippen LogP contribution in [0.3, 0.4) is 0 Å². The first kappa shape index (κ1) is 6.68. The van der Waals surface area contributed by atoms with Gasteiger partial charge < -0.3 is 0 Å². The average Bonchev–Trinajstić information content (AvgIpc) is 2.60. The fourth-order valence-corrected chi connectivity index (χ4v) is 2.66. The molecule has 0 saturated heterocycles. The van der Waals surface area contributed by atoms with Gasteiger partial charge in [0.05, 0.1) is 24.0 Å². The zero-order valence-electron chi connectivity index (χ0n) is 6.33. The summed E-state index contributed by atoms with van der Waals surface area (Å²) in [6, 6.07) is 4.55. The van der Waals surface area contributed by atoms with Gasteiger partial charge in [-0.3, -0.25) is 0 Å². The molecule has 2 saturated carbocycles. The molecule has 0 aromatic rings. The molecule has 0 aromatic carbocycles. The first-order chi connectivity index (χ1) is 5.36. The minimum Gasteiger partial charge on any atom is -0.198 e. The Morgan fingerprint density at radius 2 is 1.36 bits per heavy atom. The second-order valence-electron chi connectivity index (χ2n) is 3.64. The Morgan fingerprint density at radius 3 is 1.73 bits per heavy atom. The Kier molecular flexibility index (Phi) is 1.36. The van der Waals surface area contributed by atoms with E-state index in [1.165, 1.54) is 12.8 Å². The highest BCUT2D eigenvalue weighted by Gasteiger charge is 2.47. The van der Waals surface area contributed by atoms with Crippen molar-refractivity contribution in [2.75, 3.05) is 0 Å². The highest BCUT2D eigenvalue weighted by atomic mass is 14.5. The lowest BCUT2D eigenvalue weighted by molar-refractivity contribution is 0.332. The Balaban J connectivity index is 2.24. The zero-order valence-corrected chi connectivity index (χ0v) is 6.33. The quantitative estimate of drug-likeness (QED) is 0.522. The van der Waals surface area contributed by atoms with E-state index in [0.717, 1.165) is 6.42 Å². The van der Waals surface area contributed by atoms with Gasteiger partial charge in [-0.15, -0.1) is 0 Å². The molecule has 2 heteroatoms. The minimum absolute atomic E-state index is 0.0544. The number of hydrogen-bond donors (Lipinski definition) is 0. The Morgan fingerprint density at radius 1 is 0.909 bits per heavy atom. The molecule has 0 heterocycles. The topological polar surface area (TPSA) is 47.6 Å². The first-order valence-corrected chi connectivity index (χ1v) is 4.16. The predicted octanol–water partition coefficient (Wildman–Crippen LogP) is 1.70. The summed E-state index contributed by atoms with van der Waals surface area (Å²) in [5, 5.41) is 17.6. The van der Waals surface area contributed by atoms with Crippen molar-refractivity contribution in [1.29, 1.82) is 10.5 Å². The van der Waals surface area contributed by atoms with Gasteiger partial charge in [0.1, 0.15) is 0 Å². The van der Waals surface area contributed by atoms with Gasteiger partial charge in [-0.25, -0.2) is 0 Å². The van der Waals surface area contributed by atoms with Crippen LogP contribution in [0.1, 0.15) is 19.3 Å². The average molecular weight is 146 g/mol. The van der Waals surface area contributed by atoms with Crippen LogP contribution in [0, 0.1) is 46.3 Å². The van der Waals surface area contributed by atoms with Crippen molar-refractivity contribution in [3.05, 3.63) is 0 Å². The zero-order chi connectivity index (χ0) is 7.84. The standard InChI is InChI=1S/C9H10N2/c10-4-8-6-1-2-7(3-6)9(8)5-11/h6-9H,1-3H2/t6-,7-,8-,9+/m1/s1. The van der Waals surface area contributed by atoms with E-state index in [0.29, 0.717) is 11.8 Å². The number of hydrogen-bond acceptors (Lipinski definition) is 2. The van der Waals surface area contributed by atoms with Crippen LogP contribution >= 0.6 is 0 Å². The number of nitriles is 2. The van der Waals surface area contributed by atoms with Crippen molar-refractivity contribution in [2.45, 2.75) is 19.3 Å². The maximum atomic E-state index is 8.79. The van der Waals surface area contributed by atoms with Crippen LogP contribution in [0.4, 0.5) is 0 Å². The van der Waals surface area contributed by atoms with Gasteiger partial charge in [-0.05, 0) is 31.1 Å². The minimum atomic E-state index is 0.0544. The summed E-state index contributed by atoms with van der Waals surface area (Å²) in [6.07, 6.45) is 3.50. The third kappa shape index (κ3) is 0.761. The second-order valence-corrected chi connectivity index (χ2v) is 3.64. The SMILES string of the molecule is N#C[C@@H]1[C@@H]2CC[C@H](C2)[C@@H]1C#N. The van der Waals surface area contributed by atoms with Gasteiger partial charge in [-0.2, -0.15) is 10.5 Å². The molecule has 2 nitrogen and oxygen atoms in total. The first-order valence-electron chi connectivity index (χ1n) is 4.16. The smallest absolute Gasteiger partial charge is 0.0672 e.